The molecule has 0 aromatic heterocycles. The smallest absolute Gasteiger partial charge is 0.237 e. The molecule has 0 aliphatic heterocycles. The molecular formula is C13H14F2N2O2. The zero-order valence-electron chi connectivity index (χ0n) is 10.7. The summed E-state index contributed by atoms with van der Waals surface area (Å²) in [5.41, 5.74) is -0.000516. The van der Waals surface area contributed by atoms with Gasteiger partial charge in [0.25, 0.3) is 0 Å². The van der Waals surface area contributed by atoms with Crippen LogP contribution in [-0.2, 0) is 11.3 Å². The van der Waals surface area contributed by atoms with E-state index in [4.69, 9.17) is 5.26 Å². The van der Waals surface area contributed by atoms with Gasteiger partial charge in [0, 0.05) is 18.2 Å². The quantitative estimate of drug-likeness (QED) is 0.890. The first kappa shape index (κ1) is 14.9. The maximum atomic E-state index is 13.6. The topological polar surface area (TPSA) is 62.1 Å². The lowest BCUT2D eigenvalue weighted by molar-refractivity contribution is -0.123. The average Bonchev–Trinajstić information content (AvgIpc) is 2.40. The lowest BCUT2D eigenvalue weighted by atomic mass is 10.1. The molecular weight excluding hydrogens is 254 g/mol. The van der Waals surface area contributed by atoms with Crippen molar-refractivity contribution >= 4 is 5.91 Å². The van der Waals surface area contributed by atoms with Gasteiger partial charge in [0.15, 0.2) is 11.6 Å². The highest BCUT2D eigenvalue weighted by molar-refractivity contribution is 5.80. The summed E-state index contributed by atoms with van der Waals surface area (Å²) in [5.74, 6) is -2.87. The number of carbonyl (C=O) groups is 1. The minimum absolute atomic E-state index is 0.000516. The van der Waals surface area contributed by atoms with Crippen LogP contribution < -0.4 is 10.1 Å². The number of hydrogen-bond donors (Lipinski definition) is 1. The van der Waals surface area contributed by atoms with Crippen LogP contribution in [0.25, 0.3) is 0 Å². The fourth-order valence-electron chi connectivity index (χ4n) is 1.50. The summed E-state index contributed by atoms with van der Waals surface area (Å²) < 4.78 is 31.6. The summed E-state index contributed by atoms with van der Waals surface area (Å²) in [6, 6.07) is 3.71. The molecule has 1 amide bonds. The van der Waals surface area contributed by atoms with Crippen LogP contribution in [0.2, 0.25) is 0 Å². The van der Waals surface area contributed by atoms with Crippen molar-refractivity contribution in [2.75, 3.05) is 7.11 Å². The monoisotopic (exact) mass is 268 g/mol. The van der Waals surface area contributed by atoms with Crippen LogP contribution >= 0.6 is 0 Å². The van der Waals surface area contributed by atoms with E-state index in [1.807, 2.05) is 6.07 Å². The third-order valence-corrected chi connectivity index (χ3v) is 2.65. The van der Waals surface area contributed by atoms with Crippen LogP contribution in [0.5, 0.6) is 5.75 Å². The van der Waals surface area contributed by atoms with Gasteiger partial charge in [-0.3, -0.25) is 4.79 Å². The maximum Gasteiger partial charge on any atom is 0.237 e. The number of methoxy groups -OCH3 is 1. The van der Waals surface area contributed by atoms with Crippen molar-refractivity contribution in [3.8, 4) is 11.8 Å². The van der Waals surface area contributed by atoms with Gasteiger partial charge in [-0.15, -0.1) is 0 Å². The largest absolute Gasteiger partial charge is 0.494 e. The molecule has 1 aromatic carbocycles. The molecule has 0 heterocycles. The second-order valence-electron chi connectivity index (χ2n) is 3.89. The molecule has 1 N–H and O–H groups in total. The molecule has 1 atom stereocenters. The van der Waals surface area contributed by atoms with Crippen molar-refractivity contribution in [3.63, 3.8) is 0 Å². The summed E-state index contributed by atoms with van der Waals surface area (Å²) in [7, 11) is 1.23. The molecule has 1 aromatic rings. The molecule has 1 rings (SSSR count). The third-order valence-electron chi connectivity index (χ3n) is 2.65. The van der Waals surface area contributed by atoms with E-state index >= 15 is 0 Å². The average molecular weight is 268 g/mol. The van der Waals surface area contributed by atoms with Crippen molar-refractivity contribution in [2.24, 2.45) is 5.92 Å². The molecule has 0 saturated heterocycles. The molecule has 102 valence electrons. The number of hydrogen-bond acceptors (Lipinski definition) is 3. The first-order valence-electron chi connectivity index (χ1n) is 5.72. The van der Waals surface area contributed by atoms with Gasteiger partial charge in [0.2, 0.25) is 5.91 Å². The highest BCUT2D eigenvalue weighted by atomic mass is 19.1. The van der Waals surface area contributed by atoms with Crippen LogP contribution in [0.3, 0.4) is 0 Å². The Morgan fingerprint density at radius 3 is 2.68 bits per heavy atom. The fraction of sp³-hybridized carbons (Fsp3) is 0.385. The van der Waals surface area contributed by atoms with E-state index < -0.39 is 23.5 Å². The Bertz CT molecular complexity index is 512. The Morgan fingerprint density at radius 1 is 1.47 bits per heavy atom. The van der Waals surface area contributed by atoms with E-state index in [1.165, 1.54) is 7.11 Å². The number of nitrogens with one attached hydrogen (secondary N) is 1. The van der Waals surface area contributed by atoms with E-state index in [1.54, 1.807) is 6.92 Å². The molecule has 0 aliphatic rings. The van der Waals surface area contributed by atoms with Gasteiger partial charge in [-0.1, -0.05) is 6.92 Å². The molecule has 0 saturated carbocycles. The minimum Gasteiger partial charge on any atom is -0.494 e. The maximum absolute atomic E-state index is 13.6. The number of nitriles is 1. The van der Waals surface area contributed by atoms with E-state index in [2.05, 4.69) is 10.1 Å². The van der Waals surface area contributed by atoms with Crippen molar-refractivity contribution in [2.45, 2.75) is 19.9 Å². The van der Waals surface area contributed by atoms with E-state index in [0.717, 1.165) is 12.1 Å². The zero-order valence-corrected chi connectivity index (χ0v) is 10.7. The number of amides is 1. The lowest BCUT2D eigenvalue weighted by Gasteiger charge is -2.10. The van der Waals surface area contributed by atoms with Crippen molar-refractivity contribution < 1.29 is 18.3 Å². The zero-order chi connectivity index (χ0) is 14.4. The predicted octanol–water partition coefficient (Wildman–Crippen LogP) is 2.14. The van der Waals surface area contributed by atoms with Crippen molar-refractivity contribution in [1.82, 2.24) is 5.32 Å². The second kappa shape index (κ2) is 6.69. The van der Waals surface area contributed by atoms with Gasteiger partial charge in [0.1, 0.15) is 11.7 Å². The minimum atomic E-state index is -0.786. The lowest BCUT2D eigenvalue weighted by Crippen LogP contribution is -2.29. The normalized spacial score (nSPS) is 11.5. The summed E-state index contributed by atoms with van der Waals surface area (Å²) in [6.07, 6.45) is 0.363. The number of ether oxygens (including phenoxy) is 1. The Hall–Kier alpha value is -2.16. The van der Waals surface area contributed by atoms with Crippen LogP contribution in [0.4, 0.5) is 8.78 Å². The molecule has 0 bridgehead atoms. The van der Waals surface area contributed by atoms with Gasteiger partial charge in [0.05, 0.1) is 13.2 Å². The van der Waals surface area contributed by atoms with Gasteiger partial charge in [-0.25, -0.2) is 8.78 Å². The number of rotatable bonds is 5. The Morgan fingerprint density at radius 2 is 2.16 bits per heavy atom. The number of benzene rings is 1. The molecule has 19 heavy (non-hydrogen) atoms. The SMILES string of the molecule is CCC(C#N)C(=O)NCc1cc(F)c(OC)cc1F. The third kappa shape index (κ3) is 3.65. The molecule has 0 spiro atoms. The van der Waals surface area contributed by atoms with E-state index in [9.17, 15) is 13.6 Å². The van der Waals surface area contributed by atoms with Crippen LogP contribution in [0.15, 0.2) is 12.1 Å². The van der Waals surface area contributed by atoms with Crippen LogP contribution in [-0.4, -0.2) is 13.0 Å². The number of carbonyl (C=O) groups excluding carboxylic acids is 1. The predicted molar refractivity (Wildman–Crippen MR) is 64.2 cm³/mol. The summed E-state index contributed by atoms with van der Waals surface area (Å²) in [5, 5.41) is 11.1. The second-order valence-corrected chi connectivity index (χ2v) is 3.89. The van der Waals surface area contributed by atoms with Gasteiger partial charge >= 0.3 is 0 Å². The number of nitrogens with zero attached hydrogens (tertiary/aromatic N) is 1. The molecule has 0 fully saturated rings. The van der Waals surface area contributed by atoms with Gasteiger partial charge in [-0.05, 0) is 12.5 Å². The number of halogens is 2. The molecule has 1 unspecified atom stereocenters. The van der Waals surface area contributed by atoms with Crippen LogP contribution in [0, 0.1) is 28.9 Å². The highest BCUT2D eigenvalue weighted by Crippen LogP contribution is 2.21. The summed E-state index contributed by atoms with van der Waals surface area (Å²) in [6.45, 7) is 1.52. The first-order chi connectivity index (χ1) is 9.03. The standard InChI is InChI=1S/C13H14F2N2O2/c1-3-8(6-16)13(18)17-7-9-4-11(15)12(19-2)5-10(9)14/h4-5,8H,3,7H2,1-2H3,(H,17,18). The van der Waals surface area contributed by atoms with Crippen molar-refractivity contribution in [1.29, 1.82) is 5.26 Å². The fourth-order valence-corrected chi connectivity index (χ4v) is 1.50. The molecule has 6 heteroatoms. The van der Waals surface area contributed by atoms with Gasteiger partial charge in [-0.2, -0.15) is 5.26 Å². The Kier molecular flexibility index (Phi) is 5.24. The molecule has 0 radical (unpaired) electrons. The van der Waals surface area contributed by atoms with Crippen molar-refractivity contribution in [3.05, 3.63) is 29.3 Å². The van der Waals surface area contributed by atoms with Gasteiger partial charge < -0.3 is 10.1 Å². The van der Waals surface area contributed by atoms with E-state index in [0.29, 0.717) is 6.42 Å². The Labute approximate surface area is 110 Å². The molecule has 4 nitrogen and oxygen atoms in total. The van der Waals surface area contributed by atoms with E-state index in [-0.39, 0.29) is 17.9 Å². The summed E-state index contributed by atoms with van der Waals surface area (Å²) in [4.78, 5) is 11.5. The van der Waals surface area contributed by atoms with Crippen LogP contribution in [0.1, 0.15) is 18.9 Å². The first-order valence-corrected chi connectivity index (χ1v) is 5.72. The summed E-state index contributed by atoms with van der Waals surface area (Å²) >= 11 is 0. The highest BCUT2D eigenvalue weighted by Gasteiger charge is 2.16. The Balaban J connectivity index is 2.76. The molecule has 0 aliphatic carbocycles.